The molecule has 0 amide bonds. The second-order valence-corrected chi connectivity index (χ2v) is 11.5. The van der Waals surface area contributed by atoms with Crippen molar-refractivity contribution < 1.29 is 4.43 Å². The number of hydrogen-bond acceptors (Lipinski definition) is 1. The summed E-state index contributed by atoms with van der Waals surface area (Å²) in [5, 5.41) is 0.297. The molecule has 17 heavy (non-hydrogen) atoms. The average molecular weight is 254 g/mol. The largest absolute Gasteiger partial charge is 0.417 e. The minimum Gasteiger partial charge on any atom is -0.417 e. The molecule has 0 spiro atoms. The van der Waals surface area contributed by atoms with Gasteiger partial charge in [0.25, 0.3) is 0 Å². The minimum atomic E-state index is -1.60. The molecule has 0 aromatic carbocycles. The SMILES string of the molecule is CC#CCC(CO[Si](C)(C)C(C)(C)C)C(C)C. The Balaban J connectivity index is 4.43. The summed E-state index contributed by atoms with van der Waals surface area (Å²) in [6.45, 7) is 18.8. The highest BCUT2D eigenvalue weighted by Crippen LogP contribution is 2.37. The van der Waals surface area contributed by atoms with Crippen LogP contribution in [0.4, 0.5) is 0 Å². The Labute approximate surface area is 109 Å². The van der Waals surface area contributed by atoms with Gasteiger partial charge in [-0.05, 0) is 36.9 Å². The zero-order chi connectivity index (χ0) is 13.7. The van der Waals surface area contributed by atoms with Crippen molar-refractivity contribution >= 4 is 8.32 Å². The van der Waals surface area contributed by atoms with Crippen LogP contribution in [0.2, 0.25) is 18.1 Å². The molecule has 0 aromatic rings. The fourth-order valence-electron chi connectivity index (χ4n) is 1.25. The van der Waals surface area contributed by atoms with Gasteiger partial charge in [0.05, 0.1) is 0 Å². The van der Waals surface area contributed by atoms with Crippen LogP contribution in [0.5, 0.6) is 0 Å². The van der Waals surface area contributed by atoms with Crippen LogP contribution in [0.1, 0.15) is 48.0 Å². The predicted octanol–water partition coefficient (Wildman–Crippen LogP) is 4.69. The van der Waals surface area contributed by atoms with Gasteiger partial charge in [-0.1, -0.05) is 34.6 Å². The maximum absolute atomic E-state index is 6.29. The highest BCUT2D eigenvalue weighted by Gasteiger charge is 2.37. The van der Waals surface area contributed by atoms with E-state index in [0.717, 1.165) is 13.0 Å². The normalized spacial score (nSPS) is 14.4. The van der Waals surface area contributed by atoms with Crippen LogP contribution in [0.3, 0.4) is 0 Å². The van der Waals surface area contributed by atoms with Gasteiger partial charge in [0.1, 0.15) is 0 Å². The molecule has 100 valence electrons. The quantitative estimate of drug-likeness (QED) is 0.511. The van der Waals surface area contributed by atoms with Crippen LogP contribution >= 0.6 is 0 Å². The van der Waals surface area contributed by atoms with E-state index in [9.17, 15) is 0 Å². The van der Waals surface area contributed by atoms with Gasteiger partial charge in [-0.15, -0.1) is 11.8 Å². The summed E-state index contributed by atoms with van der Waals surface area (Å²) in [5.41, 5.74) is 0. The molecule has 1 nitrogen and oxygen atoms in total. The van der Waals surface area contributed by atoms with E-state index in [1.807, 2.05) is 6.92 Å². The molecule has 0 aliphatic rings. The van der Waals surface area contributed by atoms with E-state index < -0.39 is 8.32 Å². The third-order valence-corrected chi connectivity index (χ3v) is 8.45. The standard InChI is InChI=1S/C15H30OSi/c1-9-10-11-14(13(2)3)12-16-17(7,8)15(4,5)6/h13-14H,11-12H2,1-8H3. The molecule has 0 aliphatic heterocycles. The van der Waals surface area contributed by atoms with Crippen LogP contribution in [0.25, 0.3) is 0 Å². The summed E-state index contributed by atoms with van der Waals surface area (Å²) >= 11 is 0. The third kappa shape index (κ3) is 5.74. The first kappa shape index (κ1) is 16.7. The Bertz CT molecular complexity index is 276. The molecule has 0 bridgehead atoms. The molecule has 0 saturated heterocycles. The molecule has 1 atom stereocenters. The summed E-state index contributed by atoms with van der Waals surface area (Å²) in [5.74, 6) is 7.38. The number of hydrogen-bond donors (Lipinski definition) is 0. The van der Waals surface area contributed by atoms with Gasteiger partial charge in [-0.3, -0.25) is 0 Å². The van der Waals surface area contributed by atoms with Crippen molar-refractivity contribution in [3.8, 4) is 11.8 Å². The van der Waals surface area contributed by atoms with Crippen molar-refractivity contribution in [2.45, 2.75) is 66.1 Å². The molecule has 1 unspecified atom stereocenters. The Hall–Kier alpha value is -0.263. The first-order valence-electron chi connectivity index (χ1n) is 6.65. The van der Waals surface area contributed by atoms with Crippen molar-refractivity contribution in [1.29, 1.82) is 0 Å². The molecule has 0 aliphatic carbocycles. The summed E-state index contributed by atoms with van der Waals surface area (Å²) in [4.78, 5) is 0. The fourth-order valence-corrected chi connectivity index (χ4v) is 2.32. The van der Waals surface area contributed by atoms with E-state index in [1.54, 1.807) is 0 Å². The van der Waals surface area contributed by atoms with Crippen LogP contribution < -0.4 is 0 Å². The van der Waals surface area contributed by atoms with Gasteiger partial charge < -0.3 is 4.43 Å². The van der Waals surface area contributed by atoms with Crippen molar-refractivity contribution in [3.63, 3.8) is 0 Å². The second-order valence-electron chi connectivity index (χ2n) is 6.71. The first-order chi connectivity index (χ1) is 7.62. The highest BCUT2D eigenvalue weighted by molar-refractivity contribution is 6.74. The van der Waals surface area contributed by atoms with E-state index in [4.69, 9.17) is 4.43 Å². The lowest BCUT2D eigenvalue weighted by Gasteiger charge is -2.37. The second kappa shape index (κ2) is 6.61. The Morgan fingerprint density at radius 2 is 1.71 bits per heavy atom. The first-order valence-corrected chi connectivity index (χ1v) is 9.56. The molecule has 0 radical (unpaired) electrons. The van der Waals surface area contributed by atoms with E-state index >= 15 is 0 Å². The Morgan fingerprint density at radius 3 is 2.06 bits per heavy atom. The molecule has 0 rings (SSSR count). The van der Waals surface area contributed by atoms with E-state index in [2.05, 4.69) is 59.6 Å². The fraction of sp³-hybridized carbons (Fsp3) is 0.867. The minimum absolute atomic E-state index is 0.297. The van der Waals surface area contributed by atoms with Crippen molar-refractivity contribution in [3.05, 3.63) is 0 Å². The molecule has 0 heterocycles. The zero-order valence-corrected chi connectivity index (χ0v) is 14.0. The number of rotatable bonds is 5. The third-order valence-electron chi connectivity index (χ3n) is 3.95. The molecule has 0 aromatic heterocycles. The predicted molar refractivity (Wildman–Crippen MR) is 79.5 cm³/mol. The van der Waals surface area contributed by atoms with Crippen LogP contribution in [-0.4, -0.2) is 14.9 Å². The van der Waals surface area contributed by atoms with Gasteiger partial charge >= 0.3 is 0 Å². The monoisotopic (exact) mass is 254 g/mol. The van der Waals surface area contributed by atoms with Crippen molar-refractivity contribution in [1.82, 2.24) is 0 Å². The lowest BCUT2D eigenvalue weighted by atomic mass is 9.94. The lowest BCUT2D eigenvalue weighted by Crippen LogP contribution is -2.42. The molecular formula is C15H30OSi. The van der Waals surface area contributed by atoms with Gasteiger partial charge in [-0.25, -0.2) is 0 Å². The Morgan fingerprint density at radius 1 is 1.18 bits per heavy atom. The molecule has 0 fully saturated rings. The summed E-state index contributed by atoms with van der Waals surface area (Å²) in [6, 6.07) is 0. The van der Waals surface area contributed by atoms with Crippen LogP contribution in [-0.2, 0) is 4.43 Å². The molecule has 0 saturated carbocycles. The smallest absolute Gasteiger partial charge is 0.191 e. The molecule has 2 heteroatoms. The van der Waals surface area contributed by atoms with Gasteiger partial charge in [-0.2, -0.15) is 0 Å². The van der Waals surface area contributed by atoms with Gasteiger partial charge in [0.15, 0.2) is 8.32 Å². The topological polar surface area (TPSA) is 9.23 Å². The zero-order valence-electron chi connectivity index (χ0n) is 13.0. The van der Waals surface area contributed by atoms with Crippen molar-refractivity contribution in [2.24, 2.45) is 11.8 Å². The summed E-state index contributed by atoms with van der Waals surface area (Å²) in [7, 11) is -1.60. The van der Waals surface area contributed by atoms with Crippen LogP contribution in [0.15, 0.2) is 0 Å². The van der Waals surface area contributed by atoms with Crippen LogP contribution in [0, 0.1) is 23.7 Å². The van der Waals surface area contributed by atoms with Gasteiger partial charge in [0.2, 0.25) is 0 Å². The maximum atomic E-state index is 6.29. The highest BCUT2D eigenvalue weighted by atomic mass is 28.4. The molecule has 0 N–H and O–H groups in total. The maximum Gasteiger partial charge on any atom is 0.191 e. The van der Waals surface area contributed by atoms with Crippen molar-refractivity contribution in [2.75, 3.05) is 6.61 Å². The summed E-state index contributed by atoms with van der Waals surface area (Å²) < 4.78 is 6.29. The summed E-state index contributed by atoms with van der Waals surface area (Å²) in [6.07, 6.45) is 0.961. The lowest BCUT2D eigenvalue weighted by molar-refractivity contribution is 0.196. The molecular weight excluding hydrogens is 224 g/mol. The van der Waals surface area contributed by atoms with E-state index in [-0.39, 0.29) is 0 Å². The Kier molecular flexibility index (Phi) is 6.51. The van der Waals surface area contributed by atoms with Gasteiger partial charge in [0, 0.05) is 13.0 Å². The van der Waals surface area contributed by atoms with E-state index in [1.165, 1.54) is 0 Å². The average Bonchev–Trinajstić information content (AvgIpc) is 2.15. The van der Waals surface area contributed by atoms with E-state index in [0.29, 0.717) is 16.9 Å².